The van der Waals surface area contributed by atoms with Gasteiger partial charge in [0.1, 0.15) is 11.4 Å². The largest absolute Gasteiger partial charge is 0.497 e. The Labute approximate surface area is 230 Å². The summed E-state index contributed by atoms with van der Waals surface area (Å²) in [5, 5.41) is 0. The first-order valence-electron chi connectivity index (χ1n) is 13.8. The van der Waals surface area contributed by atoms with Gasteiger partial charge in [-0.2, -0.15) is 0 Å². The molecule has 38 heavy (non-hydrogen) atoms. The number of carbonyl (C=O) groups excluding carboxylic acids is 2. The molecule has 1 aromatic rings. The van der Waals surface area contributed by atoms with Crippen molar-refractivity contribution in [1.29, 1.82) is 0 Å². The molecule has 2 unspecified atom stereocenters. The molecule has 0 fully saturated rings. The van der Waals surface area contributed by atoms with Gasteiger partial charge < -0.3 is 28.7 Å². The van der Waals surface area contributed by atoms with E-state index in [4.69, 9.17) is 18.9 Å². The first-order valence-corrected chi connectivity index (χ1v) is 13.8. The third kappa shape index (κ3) is 14.0. The maximum atomic E-state index is 13.2. The summed E-state index contributed by atoms with van der Waals surface area (Å²) in [6.07, 6.45) is 1.29. The van der Waals surface area contributed by atoms with Crippen LogP contribution in [0.5, 0.6) is 5.75 Å². The molecule has 0 bridgehead atoms. The quantitative estimate of drug-likeness (QED) is 0.261. The summed E-state index contributed by atoms with van der Waals surface area (Å²) in [4.78, 5) is 29.2. The fraction of sp³-hybridized carbons (Fsp3) is 0.733. The Morgan fingerprint density at radius 3 is 2.13 bits per heavy atom. The van der Waals surface area contributed by atoms with E-state index >= 15 is 0 Å². The molecule has 0 aliphatic heterocycles. The van der Waals surface area contributed by atoms with E-state index in [1.807, 2.05) is 70.7 Å². The van der Waals surface area contributed by atoms with Gasteiger partial charge in [0.25, 0.3) is 0 Å². The van der Waals surface area contributed by atoms with E-state index in [0.717, 1.165) is 17.7 Å². The standard InChI is InChI=1S/C30H52N2O6/c1-22(2)11-16-28(33)32(24(5)20-36-21-25-12-14-26(35-10)15-13-25)18-17-27(37-23(3)4)19-31(9)29(34)38-30(6,7)8/h12-15,22-24,27H,11,16-21H2,1-10H3. The second kappa shape index (κ2) is 16.6. The van der Waals surface area contributed by atoms with E-state index in [9.17, 15) is 9.59 Å². The van der Waals surface area contributed by atoms with Crippen LogP contribution in [0.3, 0.4) is 0 Å². The molecule has 8 nitrogen and oxygen atoms in total. The van der Waals surface area contributed by atoms with E-state index in [1.165, 1.54) is 0 Å². The molecule has 0 heterocycles. The summed E-state index contributed by atoms with van der Waals surface area (Å²) in [5.74, 6) is 1.37. The first kappa shape index (κ1) is 33.7. The first-order chi connectivity index (χ1) is 17.7. The Kier molecular flexibility index (Phi) is 14.7. The zero-order chi connectivity index (χ0) is 28.9. The second-order valence-electron chi connectivity index (χ2n) is 11.7. The molecular formula is C30H52N2O6. The number of hydrogen-bond donors (Lipinski definition) is 0. The fourth-order valence-electron chi connectivity index (χ4n) is 3.90. The van der Waals surface area contributed by atoms with Gasteiger partial charge in [-0.15, -0.1) is 0 Å². The maximum absolute atomic E-state index is 13.2. The average molecular weight is 537 g/mol. The highest BCUT2D eigenvalue weighted by atomic mass is 16.6. The smallest absolute Gasteiger partial charge is 0.410 e. The molecule has 2 amide bonds. The zero-order valence-electron chi connectivity index (χ0n) is 25.4. The minimum atomic E-state index is -0.569. The monoisotopic (exact) mass is 536 g/mol. The van der Waals surface area contributed by atoms with Gasteiger partial charge in [0.15, 0.2) is 0 Å². The van der Waals surface area contributed by atoms with Crippen LogP contribution in [-0.2, 0) is 25.6 Å². The van der Waals surface area contributed by atoms with Crippen LogP contribution in [0.25, 0.3) is 0 Å². The van der Waals surface area contributed by atoms with Crippen LogP contribution in [0.1, 0.15) is 80.2 Å². The maximum Gasteiger partial charge on any atom is 0.410 e. The van der Waals surface area contributed by atoms with Crippen molar-refractivity contribution in [3.05, 3.63) is 29.8 Å². The van der Waals surface area contributed by atoms with Crippen LogP contribution < -0.4 is 4.74 Å². The predicted molar refractivity (Wildman–Crippen MR) is 151 cm³/mol. The van der Waals surface area contributed by atoms with Crippen molar-refractivity contribution in [2.45, 2.75) is 105 Å². The van der Waals surface area contributed by atoms with E-state index in [1.54, 1.807) is 19.1 Å². The molecule has 0 N–H and O–H groups in total. The number of methoxy groups -OCH3 is 1. The molecule has 0 saturated heterocycles. The molecule has 0 spiro atoms. The summed E-state index contributed by atoms with van der Waals surface area (Å²) >= 11 is 0. The lowest BCUT2D eigenvalue weighted by atomic mass is 10.1. The summed E-state index contributed by atoms with van der Waals surface area (Å²) in [7, 11) is 3.36. The molecule has 0 radical (unpaired) electrons. The Hall–Kier alpha value is -2.32. The van der Waals surface area contributed by atoms with Crippen molar-refractivity contribution in [3.8, 4) is 5.75 Å². The molecule has 2 atom stereocenters. The van der Waals surface area contributed by atoms with Crippen LogP contribution >= 0.6 is 0 Å². The SMILES string of the molecule is COc1ccc(COCC(C)N(CCC(CN(C)C(=O)OC(C)(C)C)OC(C)C)C(=O)CCC(C)C)cc1. The van der Waals surface area contributed by atoms with Crippen molar-refractivity contribution < 1.29 is 28.5 Å². The predicted octanol–water partition coefficient (Wildman–Crippen LogP) is 5.92. The number of ether oxygens (including phenoxy) is 4. The Morgan fingerprint density at radius 2 is 1.61 bits per heavy atom. The molecule has 0 aliphatic rings. The second-order valence-corrected chi connectivity index (χ2v) is 11.7. The van der Waals surface area contributed by atoms with Crippen molar-refractivity contribution in [3.63, 3.8) is 0 Å². The van der Waals surface area contributed by atoms with Gasteiger partial charge in [0.05, 0.1) is 38.6 Å². The number of amides is 2. The van der Waals surface area contributed by atoms with Crippen LogP contribution in [0.4, 0.5) is 4.79 Å². The van der Waals surface area contributed by atoms with E-state index in [2.05, 4.69) is 13.8 Å². The molecule has 0 saturated carbocycles. The lowest BCUT2D eigenvalue weighted by molar-refractivity contribution is -0.135. The highest BCUT2D eigenvalue weighted by Crippen LogP contribution is 2.16. The van der Waals surface area contributed by atoms with Crippen molar-refractivity contribution in [2.24, 2.45) is 5.92 Å². The van der Waals surface area contributed by atoms with Crippen LogP contribution in [-0.4, -0.2) is 79.5 Å². The van der Waals surface area contributed by atoms with E-state index < -0.39 is 5.60 Å². The molecular weight excluding hydrogens is 484 g/mol. The van der Waals surface area contributed by atoms with Crippen molar-refractivity contribution >= 4 is 12.0 Å². The number of hydrogen-bond acceptors (Lipinski definition) is 6. The Balaban J connectivity index is 2.84. The van der Waals surface area contributed by atoms with Gasteiger partial charge in [0.2, 0.25) is 5.91 Å². The minimum Gasteiger partial charge on any atom is -0.497 e. The Morgan fingerprint density at radius 1 is 0.974 bits per heavy atom. The number of nitrogens with zero attached hydrogens (tertiary/aromatic N) is 2. The van der Waals surface area contributed by atoms with Crippen LogP contribution in [0.2, 0.25) is 0 Å². The third-order valence-electron chi connectivity index (χ3n) is 5.91. The molecule has 218 valence electrons. The molecule has 0 aromatic heterocycles. The van der Waals surface area contributed by atoms with Gasteiger partial charge in [-0.1, -0.05) is 26.0 Å². The summed E-state index contributed by atoms with van der Waals surface area (Å²) in [6.45, 7) is 17.5. The van der Waals surface area contributed by atoms with Gasteiger partial charge in [-0.05, 0) is 78.0 Å². The molecule has 1 rings (SSSR count). The highest BCUT2D eigenvalue weighted by Gasteiger charge is 2.26. The fourth-order valence-corrected chi connectivity index (χ4v) is 3.90. The molecule has 1 aromatic carbocycles. The van der Waals surface area contributed by atoms with Crippen LogP contribution in [0.15, 0.2) is 24.3 Å². The van der Waals surface area contributed by atoms with Gasteiger partial charge in [0, 0.05) is 26.6 Å². The minimum absolute atomic E-state index is 0.0117. The summed E-state index contributed by atoms with van der Waals surface area (Å²) in [6, 6.07) is 7.67. The van der Waals surface area contributed by atoms with Gasteiger partial charge in [-0.25, -0.2) is 4.79 Å². The number of likely N-dealkylation sites (N-methyl/N-ethyl adjacent to an activating group) is 1. The van der Waals surface area contributed by atoms with E-state index in [0.29, 0.717) is 45.1 Å². The molecule has 0 aliphatic carbocycles. The average Bonchev–Trinajstić information content (AvgIpc) is 2.81. The topological polar surface area (TPSA) is 77.5 Å². The van der Waals surface area contributed by atoms with E-state index in [-0.39, 0.29) is 30.3 Å². The lowest BCUT2D eigenvalue weighted by Gasteiger charge is -2.33. The van der Waals surface area contributed by atoms with Gasteiger partial charge in [-0.3, -0.25) is 4.79 Å². The van der Waals surface area contributed by atoms with Crippen LogP contribution in [0, 0.1) is 5.92 Å². The summed E-state index contributed by atoms with van der Waals surface area (Å²) < 4.78 is 22.8. The third-order valence-corrected chi connectivity index (χ3v) is 5.91. The number of rotatable bonds is 16. The normalized spacial score (nSPS) is 13.4. The summed E-state index contributed by atoms with van der Waals surface area (Å²) in [5.41, 5.74) is 0.479. The molecule has 8 heteroatoms. The lowest BCUT2D eigenvalue weighted by Crippen LogP contribution is -2.45. The Bertz CT molecular complexity index is 819. The van der Waals surface area contributed by atoms with Gasteiger partial charge >= 0.3 is 6.09 Å². The zero-order valence-corrected chi connectivity index (χ0v) is 25.4. The number of carbonyl (C=O) groups is 2. The highest BCUT2D eigenvalue weighted by molar-refractivity contribution is 5.76. The number of benzene rings is 1. The van der Waals surface area contributed by atoms with Crippen molar-refractivity contribution in [2.75, 3.05) is 33.9 Å². The van der Waals surface area contributed by atoms with Crippen molar-refractivity contribution in [1.82, 2.24) is 9.80 Å².